The van der Waals surface area contributed by atoms with E-state index in [-0.39, 0.29) is 12.2 Å². The summed E-state index contributed by atoms with van der Waals surface area (Å²) in [6.45, 7) is 1.78. The highest BCUT2D eigenvalue weighted by atomic mass is 32.1. The van der Waals surface area contributed by atoms with E-state index in [0.717, 1.165) is 11.4 Å². The second-order valence-electron chi connectivity index (χ2n) is 6.19. The van der Waals surface area contributed by atoms with Crippen LogP contribution in [0.4, 0.5) is 11.4 Å². The Labute approximate surface area is 165 Å². The lowest BCUT2D eigenvalue weighted by atomic mass is 10.1. The van der Waals surface area contributed by atoms with Crippen LogP contribution >= 0.6 is 11.3 Å². The lowest BCUT2D eigenvalue weighted by Crippen LogP contribution is -2.16. The van der Waals surface area contributed by atoms with E-state index in [0.29, 0.717) is 21.9 Å². The largest absolute Gasteiger partial charge is 0.456 e. The number of carbonyl (C=O) groups is 1. The molecule has 0 amide bonds. The summed E-state index contributed by atoms with van der Waals surface area (Å²) in [5.41, 5.74) is 3.01. The van der Waals surface area contributed by atoms with Crippen LogP contribution in [-0.2, 0) is 11.3 Å². The van der Waals surface area contributed by atoms with Gasteiger partial charge in [-0.3, -0.25) is 9.20 Å². The third kappa shape index (κ3) is 3.65. The monoisotopic (exact) mass is 391 g/mol. The first-order valence-corrected chi connectivity index (χ1v) is 9.55. The van der Waals surface area contributed by atoms with Gasteiger partial charge >= 0.3 is 5.97 Å². The molecule has 7 heteroatoms. The number of ether oxygens (including phenoxy) is 1. The second kappa shape index (κ2) is 7.66. The highest BCUT2D eigenvalue weighted by Gasteiger charge is 2.14. The van der Waals surface area contributed by atoms with Gasteiger partial charge in [-0.1, -0.05) is 30.3 Å². The minimum atomic E-state index is -0.483. The van der Waals surface area contributed by atoms with Crippen LogP contribution in [0.5, 0.6) is 0 Å². The van der Waals surface area contributed by atoms with Gasteiger partial charge in [0.1, 0.15) is 6.61 Å². The number of anilines is 2. The Hall–Kier alpha value is -3.45. The predicted octanol–water partition coefficient (Wildman–Crippen LogP) is 4.17. The first-order chi connectivity index (χ1) is 13.6. The number of aryl methyl sites for hydroxylation is 1. The molecule has 2 aromatic heterocycles. The number of benzene rings is 2. The average molecular weight is 391 g/mol. The molecule has 0 bridgehead atoms. The van der Waals surface area contributed by atoms with Gasteiger partial charge in [-0.25, -0.2) is 9.78 Å². The highest BCUT2D eigenvalue weighted by molar-refractivity contribution is 7.15. The van der Waals surface area contributed by atoms with Crippen LogP contribution in [0.15, 0.2) is 70.8 Å². The second-order valence-corrected chi connectivity index (χ2v) is 7.03. The van der Waals surface area contributed by atoms with Crippen molar-refractivity contribution in [3.05, 3.63) is 93.3 Å². The van der Waals surface area contributed by atoms with Gasteiger partial charge in [0, 0.05) is 22.8 Å². The minimum absolute atomic E-state index is 0.0683. The van der Waals surface area contributed by atoms with Crippen LogP contribution in [0.3, 0.4) is 0 Å². The molecule has 4 aromatic rings. The first-order valence-electron chi connectivity index (χ1n) is 8.67. The quantitative estimate of drug-likeness (QED) is 0.517. The number of fused-ring (bicyclic) bond motifs is 1. The Kier molecular flexibility index (Phi) is 4.90. The standard InChI is InChI=1S/C21H17N3O3S/c1-14-13-28-21-23-16(11-19(25)24(14)21)12-27-20(26)17-9-5-6-10-18(17)22-15-7-3-2-4-8-15/h2-11,13,22H,12H2,1H3. The molecule has 0 aliphatic carbocycles. The van der Waals surface area contributed by atoms with Crippen molar-refractivity contribution in [3.63, 3.8) is 0 Å². The molecule has 0 aliphatic rings. The van der Waals surface area contributed by atoms with Gasteiger partial charge in [-0.05, 0) is 31.2 Å². The van der Waals surface area contributed by atoms with Crippen molar-refractivity contribution in [1.82, 2.24) is 9.38 Å². The van der Waals surface area contributed by atoms with Crippen molar-refractivity contribution in [1.29, 1.82) is 0 Å². The van der Waals surface area contributed by atoms with Gasteiger partial charge in [-0.2, -0.15) is 0 Å². The van der Waals surface area contributed by atoms with Crippen LogP contribution < -0.4 is 10.9 Å². The molecule has 0 saturated carbocycles. The molecular weight excluding hydrogens is 374 g/mol. The third-order valence-corrected chi connectivity index (χ3v) is 5.12. The molecule has 0 saturated heterocycles. The van der Waals surface area contributed by atoms with E-state index >= 15 is 0 Å². The summed E-state index contributed by atoms with van der Waals surface area (Å²) < 4.78 is 6.96. The minimum Gasteiger partial charge on any atom is -0.456 e. The van der Waals surface area contributed by atoms with E-state index in [1.807, 2.05) is 54.8 Å². The molecule has 2 heterocycles. The molecule has 28 heavy (non-hydrogen) atoms. The number of rotatable bonds is 5. The van der Waals surface area contributed by atoms with E-state index in [1.165, 1.54) is 21.8 Å². The lowest BCUT2D eigenvalue weighted by Gasteiger charge is -2.11. The number of thiazole rings is 1. The summed E-state index contributed by atoms with van der Waals surface area (Å²) in [5.74, 6) is -0.483. The van der Waals surface area contributed by atoms with Gasteiger partial charge < -0.3 is 10.1 Å². The Morgan fingerprint density at radius 3 is 2.71 bits per heavy atom. The van der Waals surface area contributed by atoms with E-state index in [1.54, 1.807) is 12.1 Å². The molecule has 0 radical (unpaired) electrons. The fourth-order valence-electron chi connectivity index (χ4n) is 2.84. The number of carbonyl (C=O) groups excluding carboxylic acids is 1. The van der Waals surface area contributed by atoms with Crippen molar-refractivity contribution in [3.8, 4) is 0 Å². The summed E-state index contributed by atoms with van der Waals surface area (Å²) in [6, 6.07) is 18.1. The van der Waals surface area contributed by atoms with Gasteiger partial charge in [0.15, 0.2) is 4.96 Å². The maximum Gasteiger partial charge on any atom is 0.340 e. The Bertz CT molecular complexity index is 1200. The molecule has 0 atom stereocenters. The Balaban J connectivity index is 1.52. The van der Waals surface area contributed by atoms with E-state index < -0.39 is 5.97 Å². The number of nitrogens with one attached hydrogen (secondary N) is 1. The van der Waals surface area contributed by atoms with Crippen molar-refractivity contribution in [2.24, 2.45) is 0 Å². The van der Waals surface area contributed by atoms with Crippen LogP contribution in [0.25, 0.3) is 4.96 Å². The van der Waals surface area contributed by atoms with Crippen molar-refractivity contribution >= 4 is 33.6 Å². The van der Waals surface area contributed by atoms with Gasteiger partial charge in [0.25, 0.3) is 5.56 Å². The van der Waals surface area contributed by atoms with Crippen LogP contribution in [0.1, 0.15) is 21.7 Å². The van der Waals surface area contributed by atoms with E-state index in [9.17, 15) is 9.59 Å². The molecule has 0 aliphatic heterocycles. The number of hydrogen-bond acceptors (Lipinski definition) is 6. The van der Waals surface area contributed by atoms with Crippen molar-refractivity contribution < 1.29 is 9.53 Å². The SMILES string of the molecule is Cc1csc2nc(COC(=O)c3ccccc3Nc3ccccc3)cc(=O)n12. The van der Waals surface area contributed by atoms with E-state index in [2.05, 4.69) is 10.3 Å². The smallest absolute Gasteiger partial charge is 0.340 e. The number of nitrogens with zero attached hydrogens (tertiary/aromatic N) is 2. The molecular formula is C21H17N3O3S. The van der Waals surface area contributed by atoms with Crippen LogP contribution in [-0.4, -0.2) is 15.4 Å². The molecule has 6 nitrogen and oxygen atoms in total. The maximum atomic E-state index is 12.6. The van der Waals surface area contributed by atoms with Crippen molar-refractivity contribution in [2.45, 2.75) is 13.5 Å². The van der Waals surface area contributed by atoms with Gasteiger partial charge in [0.05, 0.1) is 16.9 Å². The number of esters is 1. The summed E-state index contributed by atoms with van der Waals surface area (Å²) >= 11 is 1.38. The van der Waals surface area contributed by atoms with Crippen LogP contribution in [0, 0.1) is 6.92 Å². The third-order valence-electron chi connectivity index (χ3n) is 4.18. The zero-order chi connectivity index (χ0) is 19.5. The molecule has 140 valence electrons. The highest BCUT2D eigenvalue weighted by Crippen LogP contribution is 2.22. The predicted molar refractivity (Wildman–Crippen MR) is 109 cm³/mol. The lowest BCUT2D eigenvalue weighted by molar-refractivity contribution is 0.0469. The first kappa shape index (κ1) is 17.9. The van der Waals surface area contributed by atoms with Crippen molar-refractivity contribution in [2.75, 3.05) is 5.32 Å². The zero-order valence-corrected chi connectivity index (χ0v) is 15.9. The molecule has 0 unspecified atom stereocenters. The average Bonchev–Trinajstić information content (AvgIpc) is 3.08. The molecule has 0 fully saturated rings. The fraction of sp³-hybridized carbons (Fsp3) is 0.0952. The summed E-state index contributed by atoms with van der Waals surface area (Å²) in [4.78, 5) is 29.8. The van der Waals surface area contributed by atoms with Gasteiger partial charge in [-0.15, -0.1) is 11.3 Å². The van der Waals surface area contributed by atoms with E-state index in [4.69, 9.17) is 4.74 Å². The summed E-state index contributed by atoms with van der Waals surface area (Å²) in [7, 11) is 0. The summed E-state index contributed by atoms with van der Waals surface area (Å²) in [5, 5.41) is 5.09. The molecule has 1 N–H and O–H groups in total. The normalized spacial score (nSPS) is 10.8. The number of hydrogen-bond donors (Lipinski definition) is 1. The molecule has 4 rings (SSSR count). The molecule has 0 spiro atoms. The summed E-state index contributed by atoms with van der Waals surface area (Å²) in [6.07, 6.45) is 0. The Morgan fingerprint density at radius 1 is 1.14 bits per heavy atom. The van der Waals surface area contributed by atoms with Crippen LogP contribution in [0.2, 0.25) is 0 Å². The fourth-order valence-corrected chi connectivity index (χ4v) is 3.73. The maximum absolute atomic E-state index is 12.6. The Morgan fingerprint density at radius 2 is 1.89 bits per heavy atom. The number of para-hydroxylation sites is 2. The number of aromatic nitrogens is 2. The van der Waals surface area contributed by atoms with Gasteiger partial charge in [0.2, 0.25) is 0 Å². The molecule has 2 aromatic carbocycles. The zero-order valence-electron chi connectivity index (χ0n) is 15.1. The topological polar surface area (TPSA) is 72.7 Å².